The molecule has 0 bridgehead atoms. The minimum absolute atomic E-state index is 0.0315. The quantitative estimate of drug-likeness (QED) is 0.620. The standard InChI is InChI=1S/C14H17N3O4/c1-8(2)14-15-12(21-16-14)7-20-13-9(3)5-6-11(10(13)4)17(18)19/h5-6,8H,7H2,1-4H3. The third-order valence-corrected chi connectivity index (χ3v) is 3.11. The number of aromatic nitrogens is 2. The Bertz CT molecular complexity index is 664. The highest BCUT2D eigenvalue weighted by Crippen LogP contribution is 2.31. The normalized spacial score (nSPS) is 10.9. The molecule has 0 unspecified atom stereocenters. The van der Waals surface area contributed by atoms with Crippen LogP contribution in [0.3, 0.4) is 0 Å². The molecule has 0 aliphatic carbocycles. The summed E-state index contributed by atoms with van der Waals surface area (Å²) < 4.78 is 10.7. The molecule has 1 heterocycles. The number of nitro groups is 1. The smallest absolute Gasteiger partial charge is 0.276 e. The van der Waals surface area contributed by atoms with Crippen molar-refractivity contribution < 1.29 is 14.2 Å². The number of nitro benzene ring substituents is 1. The molecule has 0 N–H and O–H groups in total. The van der Waals surface area contributed by atoms with Crippen molar-refractivity contribution in [2.24, 2.45) is 0 Å². The molecular formula is C14H17N3O4. The Labute approximate surface area is 122 Å². The summed E-state index contributed by atoms with van der Waals surface area (Å²) in [6.07, 6.45) is 0. The number of rotatable bonds is 5. The van der Waals surface area contributed by atoms with E-state index >= 15 is 0 Å². The van der Waals surface area contributed by atoms with Crippen molar-refractivity contribution in [3.8, 4) is 5.75 Å². The van der Waals surface area contributed by atoms with Crippen LogP contribution in [0.4, 0.5) is 5.69 Å². The zero-order valence-electron chi connectivity index (χ0n) is 12.4. The number of benzene rings is 1. The van der Waals surface area contributed by atoms with Crippen LogP contribution in [0.1, 0.15) is 42.6 Å². The molecule has 0 aliphatic rings. The highest BCUT2D eigenvalue weighted by molar-refractivity contribution is 5.52. The Morgan fingerprint density at radius 3 is 2.67 bits per heavy atom. The molecule has 0 aliphatic heterocycles. The van der Waals surface area contributed by atoms with Crippen molar-refractivity contribution in [1.29, 1.82) is 0 Å². The third kappa shape index (κ3) is 3.18. The van der Waals surface area contributed by atoms with Gasteiger partial charge in [-0.3, -0.25) is 10.1 Å². The molecule has 21 heavy (non-hydrogen) atoms. The Balaban J connectivity index is 2.19. The van der Waals surface area contributed by atoms with Crippen LogP contribution in [0.15, 0.2) is 16.7 Å². The van der Waals surface area contributed by atoms with Crippen molar-refractivity contribution in [3.63, 3.8) is 0 Å². The van der Waals surface area contributed by atoms with Crippen molar-refractivity contribution >= 4 is 5.69 Å². The Morgan fingerprint density at radius 1 is 1.38 bits per heavy atom. The van der Waals surface area contributed by atoms with E-state index in [2.05, 4.69) is 10.1 Å². The lowest BCUT2D eigenvalue weighted by molar-refractivity contribution is -0.385. The van der Waals surface area contributed by atoms with Crippen LogP contribution < -0.4 is 4.74 Å². The molecule has 0 spiro atoms. The molecule has 0 saturated carbocycles. The van der Waals surface area contributed by atoms with Gasteiger partial charge in [0.1, 0.15) is 5.75 Å². The molecule has 1 aromatic heterocycles. The van der Waals surface area contributed by atoms with Gasteiger partial charge in [-0.15, -0.1) is 0 Å². The van der Waals surface area contributed by atoms with E-state index in [1.165, 1.54) is 6.07 Å². The van der Waals surface area contributed by atoms with Gasteiger partial charge in [-0.25, -0.2) is 0 Å². The van der Waals surface area contributed by atoms with Gasteiger partial charge in [0.25, 0.3) is 11.6 Å². The first-order valence-corrected chi connectivity index (χ1v) is 6.60. The molecule has 0 fully saturated rings. The molecule has 112 valence electrons. The van der Waals surface area contributed by atoms with E-state index < -0.39 is 4.92 Å². The van der Waals surface area contributed by atoms with Crippen LogP contribution in [-0.4, -0.2) is 15.1 Å². The largest absolute Gasteiger partial charge is 0.483 e. The average Bonchev–Trinajstić information content (AvgIpc) is 2.87. The molecule has 0 atom stereocenters. The zero-order valence-corrected chi connectivity index (χ0v) is 12.4. The lowest BCUT2D eigenvalue weighted by atomic mass is 10.1. The number of hydrogen-bond acceptors (Lipinski definition) is 6. The molecule has 0 radical (unpaired) electrons. The Hall–Kier alpha value is -2.44. The summed E-state index contributed by atoms with van der Waals surface area (Å²) in [5.41, 5.74) is 1.34. The summed E-state index contributed by atoms with van der Waals surface area (Å²) in [5, 5.41) is 14.8. The molecule has 0 saturated heterocycles. The van der Waals surface area contributed by atoms with E-state index in [9.17, 15) is 10.1 Å². The van der Waals surface area contributed by atoms with Crippen LogP contribution >= 0.6 is 0 Å². The summed E-state index contributed by atoms with van der Waals surface area (Å²) >= 11 is 0. The zero-order chi connectivity index (χ0) is 15.6. The minimum Gasteiger partial charge on any atom is -0.483 e. The van der Waals surface area contributed by atoms with Gasteiger partial charge in [-0.2, -0.15) is 4.98 Å². The van der Waals surface area contributed by atoms with Crippen LogP contribution in [-0.2, 0) is 6.61 Å². The summed E-state index contributed by atoms with van der Waals surface area (Å²) in [4.78, 5) is 14.7. The first kappa shape index (κ1) is 15.0. The minimum atomic E-state index is -0.425. The van der Waals surface area contributed by atoms with Crippen molar-refractivity contribution in [3.05, 3.63) is 45.1 Å². The van der Waals surface area contributed by atoms with Crippen LogP contribution in [0.2, 0.25) is 0 Å². The topological polar surface area (TPSA) is 91.3 Å². The molecular weight excluding hydrogens is 274 g/mol. The van der Waals surface area contributed by atoms with E-state index in [1.807, 2.05) is 20.8 Å². The highest BCUT2D eigenvalue weighted by atomic mass is 16.6. The monoisotopic (exact) mass is 291 g/mol. The van der Waals surface area contributed by atoms with Crippen molar-refractivity contribution in [1.82, 2.24) is 10.1 Å². The second-order valence-electron chi connectivity index (χ2n) is 5.10. The van der Waals surface area contributed by atoms with Gasteiger partial charge in [0.15, 0.2) is 12.4 Å². The summed E-state index contributed by atoms with van der Waals surface area (Å²) in [5.74, 6) is 1.61. The predicted molar refractivity (Wildman–Crippen MR) is 75.3 cm³/mol. The molecule has 1 aromatic carbocycles. The maximum atomic E-state index is 10.9. The average molecular weight is 291 g/mol. The first-order valence-electron chi connectivity index (χ1n) is 6.60. The lowest BCUT2D eigenvalue weighted by Crippen LogP contribution is -2.02. The van der Waals surface area contributed by atoms with Crippen LogP contribution in [0.25, 0.3) is 0 Å². The van der Waals surface area contributed by atoms with Gasteiger partial charge in [0.05, 0.1) is 10.5 Å². The van der Waals surface area contributed by atoms with Crippen molar-refractivity contribution in [2.45, 2.75) is 40.2 Å². The van der Waals surface area contributed by atoms with Gasteiger partial charge in [0.2, 0.25) is 0 Å². The first-order chi connectivity index (χ1) is 9.90. The van der Waals surface area contributed by atoms with Crippen LogP contribution in [0.5, 0.6) is 5.75 Å². The van der Waals surface area contributed by atoms with Gasteiger partial charge in [-0.1, -0.05) is 19.0 Å². The molecule has 7 nitrogen and oxygen atoms in total. The number of aryl methyl sites for hydroxylation is 1. The summed E-state index contributed by atoms with van der Waals surface area (Å²) in [7, 11) is 0. The fourth-order valence-corrected chi connectivity index (χ4v) is 1.93. The lowest BCUT2D eigenvalue weighted by Gasteiger charge is -2.10. The van der Waals surface area contributed by atoms with Gasteiger partial charge in [0, 0.05) is 12.0 Å². The fourth-order valence-electron chi connectivity index (χ4n) is 1.93. The maximum absolute atomic E-state index is 10.9. The predicted octanol–water partition coefficient (Wildman–Crippen LogP) is 3.30. The van der Waals surface area contributed by atoms with Gasteiger partial charge >= 0.3 is 0 Å². The van der Waals surface area contributed by atoms with Gasteiger partial charge < -0.3 is 9.26 Å². The molecule has 2 aromatic rings. The Morgan fingerprint density at radius 2 is 2.10 bits per heavy atom. The second-order valence-corrected chi connectivity index (χ2v) is 5.10. The summed E-state index contributed by atoms with van der Waals surface area (Å²) in [6.45, 7) is 7.50. The maximum Gasteiger partial charge on any atom is 0.276 e. The molecule has 2 rings (SSSR count). The van der Waals surface area contributed by atoms with E-state index in [1.54, 1.807) is 13.0 Å². The number of ether oxygens (including phenoxy) is 1. The Kier molecular flexibility index (Phi) is 4.21. The second kappa shape index (κ2) is 5.90. The van der Waals surface area contributed by atoms with Crippen molar-refractivity contribution in [2.75, 3.05) is 0 Å². The van der Waals surface area contributed by atoms with Crippen LogP contribution in [0, 0.1) is 24.0 Å². The number of nitrogens with zero attached hydrogens (tertiary/aromatic N) is 3. The molecule has 7 heteroatoms. The highest BCUT2D eigenvalue weighted by Gasteiger charge is 2.18. The van der Waals surface area contributed by atoms with Gasteiger partial charge in [-0.05, 0) is 25.5 Å². The van der Waals surface area contributed by atoms with E-state index in [0.29, 0.717) is 23.0 Å². The van der Waals surface area contributed by atoms with E-state index in [0.717, 1.165) is 5.56 Å². The summed E-state index contributed by atoms with van der Waals surface area (Å²) in [6, 6.07) is 3.13. The SMILES string of the molecule is Cc1ccc([N+](=O)[O-])c(C)c1OCc1nc(C(C)C)no1. The molecule has 0 amide bonds. The third-order valence-electron chi connectivity index (χ3n) is 3.11. The van der Waals surface area contributed by atoms with E-state index in [4.69, 9.17) is 9.26 Å². The number of hydrogen-bond donors (Lipinski definition) is 0. The van der Waals surface area contributed by atoms with E-state index in [-0.39, 0.29) is 18.2 Å². The fraction of sp³-hybridized carbons (Fsp3) is 0.429.